The average Bonchev–Trinajstić information content (AvgIpc) is 3.27. The zero-order valence-electron chi connectivity index (χ0n) is 17.0. The molecule has 0 bridgehead atoms. The number of benzene rings is 1. The number of aliphatic carboxylic acids is 1. The Kier molecular flexibility index (Phi) is 7.29. The number of carboxylic acids is 1. The van der Waals surface area contributed by atoms with Crippen LogP contribution < -0.4 is 0 Å². The summed E-state index contributed by atoms with van der Waals surface area (Å²) in [5, 5.41) is 8.75. The summed E-state index contributed by atoms with van der Waals surface area (Å²) in [6, 6.07) is 10.4. The van der Waals surface area contributed by atoms with Gasteiger partial charge in [0.1, 0.15) is 15.8 Å². The highest BCUT2D eigenvalue weighted by Gasteiger charge is 2.32. The number of thioether (sulfide) groups is 1. The SMILES string of the molecule is CC(C)OC(=O)c1ccc(-c2ccc(C=C3SC(=S)N(CCCC(=O)O)C3=O)o2)cc1. The number of carbonyl (C=O) groups is 3. The Bertz CT molecular complexity index is 1040. The number of amides is 1. The molecule has 0 unspecified atom stereocenters. The van der Waals surface area contributed by atoms with E-state index < -0.39 is 5.97 Å². The molecule has 0 spiro atoms. The molecule has 1 aliphatic rings. The largest absolute Gasteiger partial charge is 0.481 e. The summed E-state index contributed by atoms with van der Waals surface area (Å²) in [7, 11) is 0. The van der Waals surface area contributed by atoms with E-state index in [1.54, 1.807) is 56.3 Å². The van der Waals surface area contributed by atoms with Crippen LogP contribution in [0.1, 0.15) is 42.8 Å². The van der Waals surface area contributed by atoms with E-state index in [2.05, 4.69) is 0 Å². The van der Waals surface area contributed by atoms with Gasteiger partial charge in [0.2, 0.25) is 0 Å². The monoisotopic (exact) mass is 459 g/mol. The van der Waals surface area contributed by atoms with Gasteiger partial charge in [0.05, 0.1) is 16.6 Å². The van der Waals surface area contributed by atoms with E-state index in [9.17, 15) is 14.4 Å². The first-order valence-electron chi connectivity index (χ1n) is 9.63. The second-order valence-corrected chi connectivity index (χ2v) is 8.74. The third-order valence-corrected chi connectivity index (χ3v) is 5.67. The van der Waals surface area contributed by atoms with Crippen molar-refractivity contribution < 1.29 is 28.6 Å². The van der Waals surface area contributed by atoms with Crippen molar-refractivity contribution in [2.75, 3.05) is 6.54 Å². The van der Waals surface area contributed by atoms with Crippen LogP contribution in [0.4, 0.5) is 0 Å². The zero-order chi connectivity index (χ0) is 22.5. The summed E-state index contributed by atoms with van der Waals surface area (Å²) in [5.74, 6) is -0.469. The summed E-state index contributed by atoms with van der Waals surface area (Å²) < 4.78 is 11.4. The van der Waals surface area contributed by atoms with Gasteiger partial charge in [-0.05, 0) is 44.5 Å². The number of hydrogen-bond acceptors (Lipinski definition) is 7. The summed E-state index contributed by atoms with van der Waals surface area (Å²) in [6.07, 6.45) is 1.74. The van der Waals surface area contributed by atoms with E-state index in [1.807, 2.05) is 0 Å². The molecule has 3 rings (SSSR count). The van der Waals surface area contributed by atoms with Gasteiger partial charge in [0.25, 0.3) is 5.91 Å². The van der Waals surface area contributed by atoms with Gasteiger partial charge in [-0.1, -0.05) is 36.1 Å². The standard InChI is InChI=1S/C22H21NO6S2/c1-13(2)28-21(27)15-7-5-14(6-8-15)17-10-9-16(29-17)12-18-20(26)23(22(30)31-18)11-3-4-19(24)25/h5-10,12-13H,3-4,11H2,1-2H3,(H,24,25). The van der Waals surface area contributed by atoms with Crippen molar-refractivity contribution in [3.05, 3.63) is 52.6 Å². The Morgan fingerprint density at radius 3 is 2.58 bits per heavy atom. The van der Waals surface area contributed by atoms with Crippen molar-refractivity contribution >= 4 is 52.2 Å². The van der Waals surface area contributed by atoms with Gasteiger partial charge < -0.3 is 14.3 Å². The lowest BCUT2D eigenvalue weighted by Gasteiger charge is -2.13. The van der Waals surface area contributed by atoms with E-state index in [1.165, 1.54) is 4.90 Å². The highest BCUT2D eigenvalue weighted by molar-refractivity contribution is 8.26. The van der Waals surface area contributed by atoms with Gasteiger partial charge in [0.15, 0.2) is 0 Å². The number of hydrogen-bond donors (Lipinski definition) is 1. The van der Waals surface area contributed by atoms with E-state index >= 15 is 0 Å². The molecule has 1 amide bonds. The number of esters is 1. The molecule has 1 saturated heterocycles. The Morgan fingerprint density at radius 1 is 1.23 bits per heavy atom. The number of thiocarbonyl (C=S) groups is 1. The summed E-state index contributed by atoms with van der Waals surface area (Å²) in [5.41, 5.74) is 1.23. The van der Waals surface area contributed by atoms with Crippen molar-refractivity contribution in [1.82, 2.24) is 4.90 Å². The fraction of sp³-hybridized carbons (Fsp3) is 0.273. The van der Waals surface area contributed by atoms with E-state index in [0.717, 1.165) is 17.3 Å². The first kappa shape index (κ1) is 22.8. The topological polar surface area (TPSA) is 97.0 Å². The Labute approximate surface area is 189 Å². The van der Waals surface area contributed by atoms with Crippen LogP contribution >= 0.6 is 24.0 Å². The van der Waals surface area contributed by atoms with Crippen molar-refractivity contribution in [2.45, 2.75) is 32.8 Å². The first-order valence-corrected chi connectivity index (χ1v) is 10.9. The maximum absolute atomic E-state index is 12.6. The molecule has 7 nitrogen and oxygen atoms in total. The van der Waals surface area contributed by atoms with Gasteiger partial charge in [-0.2, -0.15) is 0 Å². The maximum Gasteiger partial charge on any atom is 0.338 e. The quantitative estimate of drug-likeness (QED) is 0.348. The summed E-state index contributed by atoms with van der Waals surface area (Å²) in [6.45, 7) is 3.85. The van der Waals surface area contributed by atoms with Gasteiger partial charge in [-0.25, -0.2) is 4.79 Å². The van der Waals surface area contributed by atoms with Crippen LogP contribution in [-0.4, -0.2) is 44.8 Å². The molecule has 1 aliphatic heterocycles. The molecule has 0 atom stereocenters. The Balaban J connectivity index is 1.69. The van der Waals surface area contributed by atoms with Crippen molar-refractivity contribution in [3.63, 3.8) is 0 Å². The smallest absolute Gasteiger partial charge is 0.338 e. The molecule has 1 fully saturated rings. The van der Waals surface area contributed by atoms with Crippen LogP contribution in [0, 0.1) is 0 Å². The minimum absolute atomic E-state index is 0.0222. The highest BCUT2D eigenvalue weighted by atomic mass is 32.2. The number of furan rings is 1. The number of nitrogens with zero attached hydrogens (tertiary/aromatic N) is 1. The van der Waals surface area contributed by atoms with E-state index in [0.29, 0.717) is 32.7 Å². The Morgan fingerprint density at radius 2 is 1.94 bits per heavy atom. The predicted molar refractivity (Wildman–Crippen MR) is 121 cm³/mol. The Hall–Kier alpha value is -2.91. The number of ether oxygens (including phenoxy) is 1. The van der Waals surface area contributed by atoms with Crippen LogP contribution in [0.25, 0.3) is 17.4 Å². The van der Waals surface area contributed by atoms with Gasteiger partial charge in [-0.15, -0.1) is 0 Å². The lowest BCUT2D eigenvalue weighted by molar-refractivity contribution is -0.137. The lowest BCUT2D eigenvalue weighted by Crippen LogP contribution is -2.29. The van der Waals surface area contributed by atoms with Crippen LogP contribution in [0.3, 0.4) is 0 Å². The summed E-state index contributed by atoms with van der Waals surface area (Å²) in [4.78, 5) is 37.0. The molecule has 9 heteroatoms. The molecule has 31 heavy (non-hydrogen) atoms. The lowest BCUT2D eigenvalue weighted by atomic mass is 10.1. The molecular formula is C22H21NO6S2. The van der Waals surface area contributed by atoms with Crippen molar-refractivity contribution in [1.29, 1.82) is 0 Å². The normalized spacial score (nSPS) is 15.2. The van der Waals surface area contributed by atoms with Crippen molar-refractivity contribution in [2.24, 2.45) is 0 Å². The van der Waals surface area contributed by atoms with E-state index in [-0.39, 0.29) is 30.9 Å². The zero-order valence-corrected chi connectivity index (χ0v) is 18.6. The molecule has 1 aromatic heterocycles. The molecule has 2 heterocycles. The molecular weight excluding hydrogens is 438 g/mol. The van der Waals surface area contributed by atoms with Gasteiger partial charge in [0, 0.05) is 24.6 Å². The predicted octanol–water partition coefficient (Wildman–Crippen LogP) is 4.58. The van der Waals surface area contributed by atoms with Crippen LogP contribution in [0.2, 0.25) is 0 Å². The third-order valence-electron chi connectivity index (χ3n) is 4.29. The molecule has 162 valence electrons. The third kappa shape index (κ3) is 5.83. The van der Waals surface area contributed by atoms with Crippen LogP contribution in [-0.2, 0) is 14.3 Å². The fourth-order valence-electron chi connectivity index (χ4n) is 2.85. The van der Waals surface area contributed by atoms with Crippen LogP contribution in [0.15, 0.2) is 45.7 Å². The second-order valence-electron chi connectivity index (χ2n) is 7.06. The first-order chi connectivity index (χ1) is 14.7. The van der Waals surface area contributed by atoms with E-state index in [4.69, 9.17) is 26.5 Å². The maximum atomic E-state index is 12.6. The fourth-order valence-corrected chi connectivity index (χ4v) is 4.14. The average molecular weight is 460 g/mol. The molecule has 0 saturated carbocycles. The second kappa shape index (κ2) is 9.93. The highest BCUT2D eigenvalue weighted by Crippen LogP contribution is 2.33. The molecule has 0 radical (unpaired) electrons. The number of rotatable bonds is 8. The van der Waals surface area contributed by atoms with Gasteiger partial charge >= 0.3 is 11.9 Å². The number of carbonyl (C=O) groups excluding carboxylic acids is 2. The minimum Gasteiger partial charge on any atom is -0.481 e. The van der Waals surface area contributed by atoms with Crippen molar-refractivity contribution in [3.8, 4) is 11.3 Å². The summed E-state index contributed by atoms with van der Waals surface area (Å²) >= 11 is 6.40. The number of carboxylic acid groups (broad SMARTS) is 1. The van der Waals surface area contributed by atoms with Gasteiger partial charge in [-0.3, -0.25) is 14.5 Å². The molecule has 1 N–H and O–H groups in total. The van der Waals surface area contributed by atoms with Crippen LogP contribution in [0.5, 0.6) is 0 Å². The minimum atomic E-state index is -0.908. The molecule has 0 aliphatic carbocycles. The molecule has 2 aromatic rings. The molecule has 1 aromatic carbocycles.